The van der Waals surface area contributed by atoms with Crippen LogP contribution in [0.5, 0.6) is 0 Å². The van der Waals surface area contributed by atoms with Gasteiger partial charge in [0.15, 0.2) is 0 Å². The maximum atomic E-state index is 13.3. The normalized spacial score (nSPS) is 11.1. The minimum atomic E-state index is -0.265. The van der Waals surface area contributed by atoms with E-state index in [9.17, 15) is 9.18 Å². The van der Waals surface area contributed by atoms with Gasteiger partial charge in [-0.2, -0.15) is 0 Å². The highest BCUT2D eigenvalue weighted by Crippen LogP contribution is 2.33. The van der Waals surface area contributed by atoms with Crippen molar-refractivity contribution < 1.29 is 9.18 Å². The van der Waals surface area contributed by atoms with Crippen molar-refractivity contribution in [1.82, 2.24) is 9.47 Å². The number of thiophene rings is 1. The van der Waals surface area contributed by atoms with Crippen LogP contribution >= 0.6 is 27.3 Å². The number of benzene rings is 2. The van der Waals surface area contributed by atoms with E-state index in [1.165, 1.54) is 12.1 Å². The van der Waals surface area contributed by atoms with Crippen LogP contribution in [0.25, 0.3) is 10.2 Å². The fourth-order valence-corrected chi connectivity index (χ4v) is 4.82. The van der Waals surface area contributed by atoms with Gasteiger partial charge < -0.3 is 9.47 Å². The first-order chi connectivity index (χ1) is 13.5. The van der Waals surface area contributed by atoms with E-state index in [2.05, 4.69) is 15.9 Å². The molecular formula is C22H18BrFN2OS. The maximum Gasteiger partial charge on any atom is 0.270 e. The second-order valence-electron chi connectivity index (χ2n) is 6.69. The lowest BCUT2D eigenvalue weighted by Gasteiger charge is -2.19. The number of rotatable bonds is 5. The van der Waals surface area contributed by atoms with Crippen LogP contribution in [-0.2, 0) is 13.1 Å². The van der Waals surface area contributed by atoms with Crippen molar-refractivity contribution in [3.05, 3.63) is 93.2 Å². The van der Waals surface area contributed by atoms with E-state index < -0.39 is 0 Å². The van der Waals surface area contributed by atoms with E-state index in [-0.39, 0.29) is 11.7 Å². The number of fused-ring (bicyclic) bond motifs is 1. The Balaban J connectivity index is 1.68. The molecule has 4 aromatic rings. The first kappa shape index (κ1) is 18.9. The first-order valence-corrected chi connectivity index (χ1v) is 10.4. The van der Waals surface area contributed by atoms with E-state index >= 15 is 0 Å². The van der Waals surface area contributed by atoms with Crippen molar-refractivity contribution in [1.29, 1.82) is 0 Å². The predicted octanol–water partition coefficient (Wildman–Crippen LogP) is 5.92. The molecule has 0 spiro atoms. The highest BCUT2D eigenvalue weighted by atomic mass is 79.9. The third kappa shape index (κ3) is 3.88. The van der Waals surface area contributed by atoms with Crippen molar-refractivity contribution in [3.63, 3.8) is 0 Å². The molecule has 0 aliphatic heterocycles. The van der Waals surface area contributed by atoms with Gasteiger partial charge in [-0.05, 0) is 51.3 Å². The summed E-state index contributed by atoms with van der Waals surface area (Å²) in [6, 6.07) is 20.3. The molecule has 2 heterocycles. The topological polar surface area (TPSA) is 25.2 Å². The van der Waals surface area contributed by atoms with Gasteiger partial charge in [0.25, 0.3) is 5.91 Å². The summed E-state index contributed by atoms with van der Waals surface area (Å²) in [4.78, 5) is 14.9. The molecule has 0 aliphatic rings. The lowest BCUT2D eigenvalue weighted by atomic mass is 10.2. The van der Waals surface area contributed by atoms with Crippen LogP contribution in [0.1, 0.15) is 21.6 Å². The Morgan fingerprint density at radius 3 is 2.50 bits per heavy atom. The van der Waals surface area contributed by atoms with Gasteiger partial charge in [0, 0.05) is 20.1 Å². The summed E-state index contributed by atoms with van der Waals surface area (Å²) in [6.07, 6.45) is 0. The summed E-state index contributed by atoms with van der Waals surface area (Å²) in [5.41, 5.74) is 3.66. The number of hydrogen-bond donors (Lipinski definition) is 0. The predicted molar refractivity (Wildman–Crippen MR) is 115 cm³/mol. The van der Waals surface area contributed by atoms with Gasteiger partial charge >= 0.3 is 0 Å². The summed E-state index contributed by atoms with van der Waals surface area (Å²) in [7, 11) is 1.81. The molecule has 142 valence electrons. The van der Waals surface area contributed by atoms with Gasteiger partial charge in [0.05, 0.1) is 14.0 Å². The quantitative estimate of drug-likeness (QED) is 0.365. The zero-order chi connectivity index (χ0) is 19.7. The molecule has 0 aliphatic carbocycles. The second-order valence-corrected chi connectivity index (χ2v) is 9.15. The number of nitrogens with zero attached hydrogens (tertiary/aromatic N) is 2. The molecule has 0 radical (unpaired) electrons. The molecule has 2 aromatic carbocycles. The number of carbonyl (C=O) groups is 1. The number of hydrogen-bond acceptors (Lipinski definition) is 2. The van der Waals surface area contributed by atoms with E-state index in [0.29, 0.717) is 18.8 Å². The fraction of sp³-hybridized carbons (Fsp3) is 0.136. The van der Waals surface area contributed by atoms with E-state index in [1.807, 2.05) is 54.1 Å². The van der Waals surface area contributed by atoms with Crippen LogP contribution in [0.4, 0.5) is 4.39 Å². The molecule has 3 nitrogen and oxygen atoms in total. The van der Waals surface area contributed by atoms with E-state index in [0.717, 1.165) is 25.1 Å². The van der Waals surface area contributed by atoms with Gasteiger partial charge in [-0.1, -0.05) is 42.5 Å². The average Bonchev–Trinajstić information content (AvgIpc) is 3.20. The van der Waals surface area contributed by atoms with Crippen molar-refractivity contribution in [2.24, 2.45) is 0 Å². The first-order valence-electron chi connectivity index (χ1n) is 8.83. The minimum Gasteiger partial charge on any atom is -0.336 e. The van der Waals surface area contributed by atoms with Gasteiger partial charge in [0.2, 0.25) is 0 Å². The standard InChI is InChI=1S/C22H18BrFN2OS/c1-25(13-15-5-3-2-4-6-15)22(27)19-11-20-18(12-21(23)28-20)26(19)14-16-7-9-17(24)10-8-16/h2-12H,13-14H2,1H3. The Bertz CT molecular complexity index is 1120. The molecule has 0 saturated carbocycles. The highest BCUT2D eigenvalue weighted by molar-refractivity contribution is 9.11. The third-order valence-corrected chi connectivity index (χ3v) is 6.22. The molecular weight excluding hydrogens is 439 g/mol. The van der Waals surface area contributed by atoms with Crippen LogP contribution < -0.4 is 0 Å². The summed E-state index contributed by atoms with van der Waals surface area (Å²) in [5.74, 6) is -0.302. The van der Waals surface area contributed by atoms with Crippen LogP contribution in [-0.4, -0.2) is 22.4 Å². The Hall–Kier alpha value is -2.44. The second kappa shape index (κ2) is 7.89. The van der Waals surface area contributed by atoms with Crippen LogP contribution in [0, 0.1) is 5.82 Å². The molecule has 0 bridgehead atoms. The highest BCUT2D eigenvalue weighted by Gasteiger charge is 2.21. The number of halogens is 2. The molecule has 0 atom stereocenters. The van der Waals surface area contributed by atoms with Crippen molar-refractivity contribution in [3.8, 4) is 0 Å². The molecule has 2 aromatic heterocycles. The zero-order valence-electron chi connectivity index (χ0n) is 15.2. The minimum absolute atomic E-state index is 0.0366. The summed E-state index contributed by atoms with van der Waals surface area (Å²) < 4.78 is 17.3. The van der Waals surface area contributed by atoms with Crippen LogP contribution in [0.3, 0.4) is 0 Å². The number of amides is 1. The lowest BCUT2D eigenvalue weighted by molar-refractivity contribution is 0.0775. The monoisotopic (exact) mass is 456 g/mol. The largest absolute Gasteiger partial charge is 0.336 e. The zero-order valence-corrected chi connectivity index (χ0v) is 17.6. The molecule has 4 rings (SSSR count). The molecule has 0 N–H and O–H groups in total. The summed E-state index contributed by atoms with van der Waals surface area (Å²) in [6.45, 7) is 1.05. The maximum absolute atomic E-state index is 13.3. The van der Waals surface area contributed by atoms with E-state index in [4.69, 9.17) is 0 Å². The lowest BCUT2D eigenvalue weighted by Crippen LogP contribution is -2.28. The third-order valence-electron chi connectivity index (χ3n) is 4.64. The Labute approximate surface area is 175 Å². The molecule has 28 heavy (non-hydrogen) atoms. The van der Waals surface area contributed by atoms with Gasteiger partial charge in [-0.3, -0.25) is 4.79 Å². The smallest absolute Gasteiger partial charge is 0.270 e. The molecule has 0 saturated heterocycles. The van der Waals surface area contributed by atoms with Crippen LogP contribution in [0.2, 0.25) is 0 Å². The SMILES string of the molecule is CN(Cc1ccccc1)C(=O)c1cc2sc(Br)cc2n1Cc1ccc(F)cc1. The number of aromatic nitrogens is 1. The van der Waals surface area contributed by atoms with E-state index in [1.54, 1.807) is 28.4 Å². The summed E-state index contributed by atoms with van der Waals surface area (Å²) >= 11 is 5.13. The van der Waals surface area contributed by atoms with Crippen LogP contribution in [0.15, 0.2) is 70.5 Å². The number of carbonyl (C=O) groups excluding carboxylic acids is 1. The molecule has 1 amide bonds. The molecule has 0 unspecified atom stereocenters. The van der Waals surface area contributed by atoms with Gasteiger partial charge in [-0.15, -0.1) is 11.3 Å². The van der Waals surface area contributed by atoms with Gasteiger partial charge in [0.1, 0.15) is 11.5 Å². The molecule has 0 fully saturated rings. The Morgan fingerprint density at radius 2 is 1.79 bits per heavy atom. The van der Waals surface area contributed by atoms with Crippen molar-refractivity contribution in [2.45, 2.75) is 13.1 Å². The van der Waals surface area contributed by atoms with Gasteiger partial charge in [-0.25, -0.2) is 4.39 Å². The van der Waals surface area contributed by atoms with Crippen molar-refractivity contribution >= 4 is 43.4 Å². The average molecular weight is 457 g/mol. The Morgan fingerprint density at radius 1 is 1.07 bits per heavy atom. The Kier molecular flexibility index (Phi) is 5.33. The fourth-order valence-electron chi connectivity index (χ4n) is 3.26. The summed E-state index contributed by atoms with van der Waals surface area (Å²) in [5, 5.41) is 0. The molecule has 6 heteroatoms. The van der Waals surface area contributed by atoms with Crippen molar-refractivity contribution in [2.75, 3.05) is 7.05 Å².